The number of nitrogens with one attached hydrogen (secondary N) is 2. The number of carbonyl (C=O) groups excluding carboxylic acids is 1. The zero-order chi connectivity index (χ0) is 15.0. The molecule has 0 spiro atoms. The van der Waals surface area contributed by atoms with E-state index in [9.17, 15) is 9.59 Å². The largest absolute Gasteiger partial charge is 0.481 e. The number of hydrogen-bond donors (Lipinski definition) is 3. The fourth-order valence-corrected chi connectivity index (χ4v) is 2.47. The molecule has 3 atom stereocenters. The summed E-state index contributed by atoms with van der Waals surface area (Å²) >= 11 is 0. The molecule has 0 heterocycles. The van der Waals surface area contributed by atoms with Gasteiger partial charge in [0.15, 0.2) is 0 Å². The van der Waals surface area contributed by atoms with E-state index in [2.05, 4.69) is 10.6 Å². The molecule has 3 unspecified atom stereocenters. The van der Waals surface area contributed by atoms with E-state index < -0.39 is 5.97 Å². The lowest BCUT2D eigenvalue weighted by molar-refractivity contribution is -0.137. The van der Waals surface area contributed by atoms with Crippen LogP contribution in [0.15, 0.2) is 0 Å². The van der Waals surface area contributed by atoms with E-state index >= 15 is 0 Å². The molecule has 1 saturated carbocycles. The Morgan fingerprint density at radius 1 is 1.35 bits per heavy atom. The van der Waals surface area contributed by atoms with Crippen LogP contribution in [0.1, 0.15) is 45.4 Å². The number of carboxylic acid groups (broad SMARTS) is 1. The van der Waals surface area contributed by atoms with Gasteiger partial charge in [0.1, 0.15) is 0 Å². The van der Waals surface area contributed by atoms with Gasteiger partial charge in [-0.15, -0.1) is 0 Å². The molecular weight excluding hydrogens is 260 g/mol. The zero-order valence-electron chi connectivity index (χ0n) is 12.4. The van der Waals surface area contributed by atoms with E-state index in [1.807, 2.05) is 6.92 Å². The third kappa shape index (κ3) is 6.75. The smallest absolute Gasteiger partial charge is 0.315 e. The quantitative estimate of drug-likeness (QED) is 0.634. The molecule has 0 bridgehead atoms. The Balaban J connectivity index is 2.07. The molecule has 0 saturated heterocycles. The van der Waals surface area contributed by atoms with Crippen LogP contribution in [-0.4, -0.2) is 42.9 Å². The second kappa shape index (κ2) is 8.79. The van der Waals surface area contributed by atoms with Crippen molar-refractivity contribution in [3.05, 3.63) is 0 Å². The van der Waals surface area contributed by atoms with Crippen molar-refractivity contribution in [2.45, 2.75) is 57.6 Å². The molecule has 20 heavy (non-hydrogen) atoms. The number of carboxylic acids is 1. The first-order chi connectivity index (χ1) is 9.51. The predicted octanol–water partition coefficient (Wildman–Crippen LogP) is 1.74. The van der Waals surface area contributed by atoms with Crippen LogP contribution in [0.2, 0.25) is 0 Å². The second-order valence-corrected chi connectivity index (χ2v) is 5.59. The summed E-state index contributed by atoms with van der Waals surface area (Å²) in [4.78, 5) is 22.1. The van der Waals surface area contributed by atoms with Crippen LogP contribution in [0.5, 0.6) is 0 Å². The SMILES string of the molecule is COC1CCC(NC(=O)NCCC(C)CCC(=O)O)C1. The summed E-state index contributed by atoms with van der Waals surface area (Å²) < 4.78 is 5.26. The molecule has 1 rings (SSSR count). The highest BCUT2D eigenvalue weighted by Crippen LogP contribution is 2.21. The summed E-state index contributed by atoms with van der Waals surface area (Å²) in [5, 5.41) is 14.4. The molecule has 0 aromatic rings. The van der Waals surface area contributed by atoms with Gasteiger partial charge in [0.25, 0.3) is 0 Å². The van der Waals surface area contributed by atoms with E-state index in [0.29, 0.717) is 18.9 Å². The molecule has 0 aromatic heterocycles. The summed E-state index contributed by atoms with van der Waals surface area (Å²) in [6.45, 7) is 2.58. The Hall–Kier alpha value is -1.30. The molecule has 0 aliphatic heterocycles. The molecule has 6 nitrogen and oxygen atoms in total. The molecule has 1 fully saturated rings. The minimum absolute atomic E-state index is 0.141. The van der Waals surface area contributed by atoms with E-state index in [0.717, 1.165) is 25.7 Å². The highest BCUT2D eigenvalue weighted by Gasteiger charge is 2.25. The van der Waals surface area contributed by atoms with Gasteiger partial charge in [-0.25, -0.2) is 4.79 Å². The van der Waals surface area contributed by atoms with Crippen molar-refractivity contribution < 1.29 is 19.4 Å². The van der Waals surface area contributed by atoms with E-state index in [-0.39, 0.29) is 24.6 Å². The van der Waals surface area contributed by atoms with Gasteiger partial charge < -0.3 is 20.5 Å². The Bertz CT molecular complexity index is 322. The van der Waals surface area contributed by atoms with Gasteiger partial charge in [0, 0.05) is 26.1 Å². The van der Waals surface area contributed by atoms with Crippen molar-refractivity contribution in [2.75, 3.05) is 13.7 Å². The van der Waals surface area contributed by atoms with Crippen LogP contribution in [0, 0.1) is 5.92 Å². The average Bonchev–Trinajstić information content (AvgIpc) is 2.84. The standard InChI is InChI=1S/C14H26N2O4/c1-10(3-6-13(17)18)7-8-15-14(19)16-11-4-5-12(9-11)20-2/h10-12H,3-9H2,1-2H3,(H,17,18)(H2,15,16,19). The lowest BCUT2D eigenvalue weighted by atomic mass is 10.0. The van der Waals surface area contributed by atoms with Crippen molar-refractivity contribution in [1.82, 2.24) is 10.6 Å². The van der Waals surface area contributed by atoms with Crippen molar-refractivity contribution in [2.24, 2.45) is 5.92 Å². The maximum atomic E-state index is 11.7. The van der Waals surface area contributed by atoms with E-state index in [4.69, 9.17) is 9.84 Å². The number of urea groups is 1. The molecular formula is C14H26N2O4. The molecule has 0 aromatic carbocycles. The van der Waals surface area contributed by atoms with Gasteiger partial charge in [0.05, 0.1) is 6.10 Å². The number of amides is 2. The lowest BCUT2D eigenvalue weighted by Crippen LogP contribution is -2.41. The minimum Gasteiger partial charge on any atom is -0.481 e. The third-order valence-electron chi connectivity index (χ3n) is 3.83. The molecule has 2 amide bonds. The van der Waals surface area contributed by atoms with Gasteiger partial charge in [-0.1, -0.05) is 6.92 Å². The van der Waals surface area contributed by atoms with Crippen LogP contribution in [0.25, 0.3) is 0 Å². The fraction of sp³-hybridized carbons (Fsp3) is 0.857. The maximum absolute atomic E-state index is 11.7. The fourth-order valence-electron chi connectivity index (χ4n) is 2.47. The van der Waals surface area contributed by atoms with Gasteiger partial charge in [0.2, 0.25) is 0 Å². The number of carbonyl (C=O) groups is 2. The Labute approximate surface area is 120 Å². The highest BCUT2D eigenvalue weighted by molar-refractivity contribution is 5.74. The number of methoxy groups -OCH3 is 1. The highest BCUT2D eigenvalue weighted by atomic mass is 16.5. The van der Waals surface area contributed by atoms with Crippen LogP contribution in [0.4, 0.5) is 4.79 Å². The van der Waals surface area contributed by atoms with E-state index in [1.165, 1.54) is 0 Å². The molecule has 6 heteroatoms. The summed E-state index contributed by atoms with van der Waals surface area (Å²) in [7, 11) is 1.70. The van der Waals surface area contributed by atoms with E-state index in [1.54, 1.807) is 7.11 Å². The molecule has 3 N–H and O–H groups in total. The monoisotopic (exact) mass is 286 g/mol. The summed E-state index contributed by atoms with van der Waals surface area (Å²) in [5.41, 5.74) is 0. The predicted molar refractivity (Wildman–Crippen MR) is 75.6 cm³/mol. The van der Waals surface area contributed by atoms with Gasteiger partial charge >= 0.3 is 12.0 Å². The Morgan fingerprint density at radius 2 is 2.10 bits per heavy atom. The zero-order valence-corrected chi connectivity index (χ0v) is 12.4. The molecule has 116 valence electrons. The topological polar surface area (TPSA) is 87.7 Å². The van der Waals surface area contributed by atoms with Gasteiger partial charge in [-0.2, -0.15) is 0 Å². The van der Waals surface area contributed by atoms with Crippen molar-refractivity contribution in [3.8, 4) is 0 Å². The number of rotatable bonds is 8. The molecule has 1 aliphatic carbocycles. The maximum Gasteiger partial charge on any atom is 0.315 e. The van der Waals surface area contributed by atoms with Crippen LogP contribution in [0.3, 0.4) is 0 Å². The Morgan fingerprint density at radius 3 is 2.70 bits per heavy atom. The van der Waals surface area contributed by atoms with Crippen LogP contribution >= 0.6 is 0 Å². The van der Waals surface area contributed by atoms with Crippen LogP contribution < -0.4 is 10.6 Å². The number of hydrogen-bond acceptors (Lipinski definition) is 3. The second-order valence-electron chi connectivity index (χ2n) is 5.59. The number of aliphatic carboxylic acids is 1. The lowest BCUT2D eigenvalue weighted by Gasteiger charge is -2.15. The third-order valence-corrected chi connectivity index (χ3v) is 3.83. The Kier molecular flexibility index (Phi) is 7.36. The van der Waals surface area contributed by atoms with Crippen molar-refractivity contribution >= 4 is 12.0 Å². The summed E-state index contributed by atoms with van der Waals surface area (Å²) in [6, 6.07) is 0.0570. The van der Waals surface area contributed by atoms with Crippen molar-refractivity contribution in [1.29, 1.82) is 0 Å². The van der Waals surface area contributed by atoms with Gasteiger partial charge in [-0.05, 0) is 38.0 Å². The summed E-state index contributed by atoms with van der Waals surface area (Å²) in [6.07, 6.45) is 4.72. The average molecular weight is 286 g/mol. The van der Waals surface area contributed by atoms with Crippen molar-refractivity contribution in [3.63, 3.8) is 0 Å². The molecule has 1 aliphatic rings. The normalized spacial score (nSPS) is 23.3. The van der Waals surface area contributed by atoms with Gasteiger partial charge in [-0.3, -0.25) is 4.79 Å². The summed E-state index contributed by atoms with van der Waals surface area (Å²) in [5.74, 6) is -0.466. The molecule has 0 radical (unpaired) electrons. The number of ether oxygens (including phenoxy) is 1. The first-order valence-corrected chi connectivity index (χ1v) is 7.30. The van der Waals surface area contributed by atoms with Crippen LogP contribution in [-0.2, 0) is 9.53 Å². The minimum atomic E-state index is -0.767. The first kappa shape index (κ1) is 16.8. The first-order valence-electron chi connectivity index (χ1n) is 7.30.